The molecule has 0 saturated carbocycles. The summed E-state index contributed by atoms with van der Waals surface area (Å²) in [4.78, 5) is 0. The Morgan fingerprint density at radius 3 is 2.61 bits per heavy atom. The number of nitrogens with one attached hydrogen (secondary N) is 1. The molecule has 0 unspecified atom stereocenters. The normalized spacial score (nSPS) is 11.6. The number of hydrogen-bond acceptors (Lipinski definition) is 2. The lowest BCUT2D eigenvalue weighted by Gasteiger charge is -2.21. The second-order valence-electron chi connectivity index (χ2n) is 5.44. The predicted octanol–water partition coefficient (Wildman–Crippen LogP) is 4.52. The Balaban J connectivity index is 2.26. The van der Waals surface area contributed by atoms with Crippen molar-refractivity contribution in [2.75, 3.05) is 12.3 Å². The van der Waals surface area contributed by atoms with Crippen molar-refractivity contribution in [3.8, 4) is 0 Å². The number of halogens is 1. The summed E-state index contributed by atoms with van der Waals surface area (Å²) in [5.41, 5.74) is 2.57. The van der Waals surface area contributed by atoms with Crippen LogP contribution in [0.15, 0.2) is 36.4 Å². The molecule has 3 heteroatoms. The molecule has 1 rings (SSSR count). The topological polar surface area (TPSA) is 12.0 Å². The maximum atomic E-state index is 6.11. The van der Waals surface area contributed by atoms with Crippen LogP contribution in [0.4, 0.5) is 0 Å². The molecule has 18 heavy (non-hydrogen) atoms. The van der Waals surface area contributed by atoms with E-state index in [0.717, 1.165) is 23.1 Å². The van der Waals surface area contributed by atoms with Gasteiger partial charge in [-0.3, -0.25) is 0 Å². The Hall–Kier alpha value is -0.440. The Morgan fingerprint density at radius 1 is 1.33 bits per heavy atom. The summed E-state index contributed by atoms with van der Waals surface area (Å²) in [6.07, 6.45) is 0. The molecule has 0 amide bonds. The van der Waals surface area contributed by atoms with Crippen LogP contribution < -0.4 is 5.32 Å². The summed E-state index contributed by atoms with van der Waals surface area (Å²) in [6, 6.07) is 8.00. The summed E-state index contributed by atoms with van der Waals surface area (Å²) < 4.78 is 0. The second-order valence-corrected chi connectivity index (χ2v) is 6.83. The van der Waals surface area contributed by atoms with Crippen LogP contribution in [-0.2, 0) is 5.75 Å². The van der Waals surface area contributed by atoms with Gasteiger partial charge in [0.15, 0.2) is 0 Å². The van der Waals surface area contributed by atoms with Gasteiger partial charge in [-0.1, -0.05) is 42.0 Å². The minimum absolute atomic E-state index is 0.149. The van der Waals surface area contributed by atoms with Crippen molar-refractivity contribution >= 4 is 23.4 Å². The average Bonchev–Trinajstić information content (AvgIpc) is 2.28. The minimum Gasteiger partial charge on any atom is -0.308 e. The second kappa shape index (κ2) is 7.22. The third-order valence-corrected chi connectivity index (χ3v) is 3.89. The van der Waals surface area contributed by atoms with Gasteiger partial charge in [-0.15, -0.1) is 0 Å². The molecule has 1 N–H and O–H groups in total. The van der Waals surface area contributed by atoms with Gasteiger partial charge in [-0.25, -0.2) is 0 Å². The van der Waals surface area contributed by atoms with Crippen LogP contribution in [0.3, 0.4) is 0 Å². The van der Waals surface area contributed by atoms with Crippen LogP contribution in [0, 0.1) is 0 Å². The molecule has 0 aromatic heterocycles. The molecule has 0 aliphatic rings. The zero-order valence-electron chi connectivity index (χ0n) is 11.4. The van der Waals surface area contributed by atoms with Crippen LogP contribution in [0.2, 0.25) is 5.02 Å². The van der Waals surface area contributed by atoms with Gasteiger partial charge in [-0.2, -0.15) is 11.8 Å². The highest BCUT2D eigenvalue weighted by molar-refractivity contribution is 7.98. The van der Waals surface area contributed by atoms with Gasteiger partial charge in [0.1, 0.15) is 0 Å². The molecule has 0 fully saturated rings. The van der Waals surface area contributed by atoms with Crippen molar-refractivity contribution in [2.45, 2.75) is 32.1 Å². The van der Waals surface area contributed by atoms with E-state index in [1.807, 2.05) is 30.0 Å². The molecule has 0 spiro atoms. The van der Waals surface area contributed by atoms with E-state index in [2.05, 4.69) is 38.7 Å². The quantitative estimate of drug-likeness (QED) is 0.771. The molecule has 1 nitrogen and oxygen atoms in total. The zero-order chi connectivity index (χ0) is 13.6. The average molecular weight is 284 g/mol. The van der Waals surface area contributed by atoms with Gasteiger partial charge in [-0.05, 0) is 32.4 Å². The fourth-order valence-electron chi connectivity index (χ4n) is 1.36. The standard InChI is InChI=1S/C15H22ClNS/c1-12(9-17-15(2,3)4)10-18-11-13-7-5-6-8-14(13)16/h5-8,17H,1,9-11H2,2-4H3. The first-order chi connectivity index (χ1) is 8.38. The van der Waals surface area contributed by atoms with Gasteiger partial charge in [0.2, 0.25) is 0 Å². The van der Waals surface area contributed by atoms with E-state index in [1.54, 1.807) is 0 Å². The zero-order valence-corrected chi connectivity index (χ0v) is 13.0. The van der Waals surface area contributed by atoms with Crippen LogP contribution >= 0.6 is 23.4 Å². The highest BCUT2D eigenvalue weighted by atomic mass is 35.5. The lowest BCUT2D eigenvalue weighted by atomic mass is 10.1. The summed E-state index contributed by atoms with van der Waals surface area (Å²) in [5.74, 6) is 1.91. The molecule has 0 radical (unpaired) electrons. The van der Waals surface area contributed by atoms with Gasteiger partial charge >= 0.3 is 0 Å². The van der Waals surface area contributed by atoms with E-state index in [1.165, 1.54) is 11.1 Å². The highest BCUT2D eigenvalue weighted by Crippen LogP contribution is 2.21. The molecular weight excluding hydrogens is 262 g/mol. The molecule has 1 aromatic carbocycles. The van der Waals surface area contributed by atoms with Gasteiger partial charge in [0.25, 0.3) is 0 Å². The highest BCUT2D eigenvalue weighted by Gasteiger charge is 2.08. The molecule has 0 heterocycles. The monoisotopic (exact) mass is 283 g/mol. The number of rotatable bonds is 6. The number of benzene rings is 1. The lowest BCUT2D eigenvalue weighted by molar-refractivity contribution is 0.445. The van der Waals surface area contributed by atoms with Crippen molar-refractivity contribution in [1.82, 2.24) is 5.32 Å². The maximum Gasteiger partial charge on any atom is 0.0446 e. The first-order valence-electron chi connectivity index (χ1n) is 6.11. The van der Waals surface area contributed by atoms with Gasteiger partial charge in [0.05, 0.1) is 0 Å². The Labute approximate surface area is 120 Å². The van der Waals surface area contributed by atoms with E-state index in [9.17, 15) is 0 Å². The van der Waals surface area contributed by atoms with Crippen LogP contribution in [0.1, 0.15) is 26.3 Å². The molecule has 0 aliphatic heterocycles. The molecule has 100 valence electrons. The van der Waals surface area contributed by atoms with E-state index < -0.39 is 0 Å². The molecule has 0 saturated heterocycles. The molecule has 0 atom stereocenters. The largest absolute Gasteiger partial charge is 0.308 e. The van der Waals surface area contributed by atoms with E-state index in [4.69, 9.17) is 11.6 Å². The van der Waals surface area contributed by atoms with Gasteiger partial charge in [0, 0.05) is 28.6 Å². The van der Waals surface area contributed by atoms with Crippen molar-refractivity contribution in [1.29, 1.82) is 0 Å². The van der Waals surface area contributed by atoms with Crippen molar-refractivity contribution in [3.63, 3.8) is 0 Å². The van der Waals surface area contributed by atoms with E-state index >= 15 is 0 Å². The van der Waals surface area contributed by atoms with Gasteiger partial charge < -0.3 is 5.32 Å². The van der Waals surface area contributed by atoms with Crippen LogP contribution in [0.25, 0.3) is 0 Å². The SMILES string of the molecule is C=C(CNC(C)(C)C)CSCc1ccccc1Cl. The number of hydrogen-bond donors (Lipinski definition) is 1. The third kappa shape index (κ3) is 6.48. The minimum atomic E-state index is 0.149. The third-order valence-electron chi connectivity index (χ3n) is 2.39. The summed E-state index contributed by atoms with van der Waals surface area (Å²) in [5, 5.41) is 4.29. The fraction of sp³-hybridized carbons (Fsp3) is 0.467. The summed E-state index contributed by atoms with van der Waals surface area (Å²) >= 11 is 7.97. The summed E-state index contributed by atoms with van der Waals surface area (Å²) in [6.45, 7) is 11.5. The smallest absolute Gasteiger partial charge is 0.0446 e. The van der Waals surface area contributed by atoms with Crippen LogP contribution in [-0.4, -0.2) is 17.8 Å². The summed E-state index contributed by atoms with van der Waals surface area (Å²) in [7, 11) is 0. The molecule has 1 aromatic rings. The molecular formula is C15H22ClNS. The van der Waals surface area contributed by atoms with Crippen molar-refractivity contribution in [3.05, 3.63) is 47.0 Å². The Kier molecular flexibility index (Phi) is 6.27. The van der Waals surface area contributed by atoms with Crippen molar-refractivity contribution in [2.24, 2.45) is 0 Å². The lowest BCUT2D eigenvalue weighted by Crippen LogP contribution is -2.37. The Bertz CT molecular complexity index is 396. The van der Waals surface area contributed by atoms with E-state index in [-0.39, 0.29) is 5.54 Å². The molecule has 0 aliphatic carbocycles. The maximum absolute atomic E-state index is 6.11. The van der Waals surface area contributed by atoms with Crippen LogP contribution in [0.5, 0.6) is 0 Å². The Morgan fingerprint density at radius 2 is 2.00 bits per heavy atom. The predicted molar refractivity (Wildman–Crippen MR) is 84.5 cm³/mol. The van der Waals surface area contributed by atoms with E-state index in [0.29, 0.717) is 0 Å². The first kappa shape index (κ1) is 15.6. The first-order valence-corrected chi connectivity index (χ1v) is 7.64. The van der Waals surface area contributed by atoms with Crippen molar-refractivity contribution < 1.29 is 0 Å². The fourth-order valence-corrected chi connectivity index (χ4v) is 2.61. The molecule has 0 bridgehead atoms. The number of thioether (sulfide) groups is 1.